The molecule has 0 spiro atoms. The minimum Gasteiger partial charge on any atom is -0.493 e. The fraction of sp³-hybridized carbons (Fsp3) is 0.148. The van der Waals surface area contributed by atoms with Crippen LogP contribution in [0.5, 0.6) is 28.7 Å². The second kappa shape index (κ2) is 10.8. The van der Waals surface area contributed by atoms with Crippen molar-refractivity contribution in [2.24, 2.45) is 0 Å². The van der Waals surface area contributed by atoms with Crippen molar-refractivity contribution in [3.8, 4) is 28.7 Å². The number of methoxy groups -OCH3 is 3. The smallest absolute Gasteiger partial charge is 0.453 e. The summed E-state index contributed by atoms with van der Waals surface area (Å²) in [4.78, 5) is 37.2. The van der Waals surface area contributed by atoms with Crippen molar-refractivity contribution in [3.63, 3.8) is 0 Å². The van der Waals surface area contributed by atoms with Crippen molar-refractivity contribution in [1.82, 2.24) is 0 Å². The van der Waals surface area contributed by atoms with Gasteiger partial charge in [-0.3, -0.25) is 4.79 Å². The first-order valence-electron chi connectivity index (χ1n) is 11.0. The maximum Gasteiger partial charge on any atom is 0.453 e. The van der Waals surface area contributed by atoms with Gasteiger partial charge in [-0.2, -0.15) is 13.2 Å². The zero-order chi connectivity index (χ0) is 28.3. The summed E-state index contributed by atoms with van der Waals surface area (Å²) < 4.78 is 72.0. The third kappa shape index (κ3) is 5.64. The van der Waals surface area contributed by atoms with Crippen LogP contribution in [-0.4, -0.2) is 33.3 Å². The summed E-state index contributed by atoms with van der Waals surface area (Å²) in [5.41, 5.74) is -1.40. The standard InChI is InChI=1S/C27H19F3O9/c1-34-19-11-6-15(12-21(19)35-2)26(33)38-17-9-10-18-20(13-17)39-24(27(28,29)30)23(22(18)31)37-16-7-4-14(5-8-16)25(32)36-3/h4-13H,1-3H3. The Morgan fingerprint density at radius 3 is 2.03 bits per heavy atom. The molecule has 4 aromatic rings. The second-order valence-electron chi connectivity index (χ2n) is 7.82. The van der Waals surface area contributed by atoms with Gasteiger partial charge < -0.3 is 28.1 Å². The van der Waals surface area contributed by atoms with E-state index in [-0.39, 0.29) is 33.8 Å². The van der Waals surface area contributed by atoms with E-state index in [0.29, 0.717) is 5.75 Å². The lowest BCUT2D eigenvalue weighted by Gasteiger charge is -2.14. The molecule has 0 aliphatic rings. The number of hydrogen-bond acceptors (Lipinski definition) is 9. The van der Waals surface area contributed by atoms with E-state index in [4.69, 9.17) is 23.4 Å². The van der Waals surface area contributed by atoms with E-state index < -0.39 is 40.6 Å². The van der Waals surface area contributed by atoms with Gasteiger partial charge in [-0.15, -0.1) is 0 Å². The predicted octanol–water partition coefficient (Wildman–Crippen LogP) is 5.63. The summed E-state index contributed by atoms with van der Waals surface area (Å²) in [6.07, 6.45) is -5.11. The fourth-order valence-electron chi connectivity index (χ4n) is 3.52. The minimum atomic E-state index is -5.11. The molecule has 0 bridgehead atoms. The first-order valence-corrected chi connectivity index (χ1v) is 11.0. The Morgan fingerprint density at radius 2 is 1.41 bits per heavy atom. The molecule has 1 aromatic heterocycles. The summed E-state index contributed by atoms with van der Waals surface area (Å²) in [5.74, 6) is -3.99. The first-order chi connectivity index (χ1) is 18.5. The SMILES string of the molecule is COC(=O)c1ccc(Oc2c(C(F)(F)F)oc3cc(OC(=O)c4ccc(OC)c(OC)c4)ccc3c2=O)cc1. The van der Waals surface area contributed by atoms with E-state index in [1.807, 2.05) is 0 Å². The molecular weight excluding hydrogens is 525 g/mol. The number of fused-ring (bicyclic) bond motifs is 1. The molecular formula is C27H19F3O9. The van der Waals surface area contributed by atoms with Crippen molar-refractivity contribution < 1.29 is 50.9 Å². The molecule has 9 nitrogen and oxygen atoms in total. The molecule has 0 N–H and O–H groups in total. The Kier molecular flexibility index (Phi) is 7.47. The molecule has 0 radical (unpaired) electrons. The van der Waals surface area contributed by atoms with Gasteiger partial charge in [-0.05, 0) is 54.6 Å². The Morgan fingerprint density at radius 1 is 0.769 bits per heavy atom. The summed E-state index contributed by atoms with van der Waals surface area (Å²) >= 11 is 0. The van der Waals surface area contributed by atoms with Crippen LogP contribution in [0.2, 0.25) is 0 Å². The lowest BCUT2D eigenvalue weighted by molar-refractivity contribution is -0.154. The van der Waals surface area contributed by atoms with Crippen LogP contribution in [-0.2, 0) is 10.9 Å². The Bertz CT molecular complexity index is 1610. The van der Waals surface area contributed by atoms with Gasteiger partial charge in [0, 0.05) is 6.07 Å². The van der Waals surface area contributed by atoms with Gasteiger partial charge in [0.15, 0.2) is 11.5 Å². The number of alkyl halides is 3. The average molecular weight is 544 g/mol. The Hall–Kier alpha value is -5.00. The normalized spacial score (nSPS) is 11.1. The molecule has 3 aromatic carbocycles. The van der Waals surface area contributed by atoms with Crippen LogP contribution in [0.1, 0.15) is 26.5 Å². The van der Waals surface area contributed by atoms with E-state index in [1.165, 1.54) is 69.9 Å². The number of carbonyl (C=O) groups is 2. The fourth-order valence-corrected chi connectivity index (χ4v) is 3.52. The molecule has 0 aliphatic heterocycles. The maximum absolute atomic E-state index is 13.9. The molecule has 4 rings (SSSR count). The third-order valence-corrected chi connectivity index (χ3v) is 5.40. The van der Waals surface area contributed by atoms with Gasteiger partial charge in [-0.25, -0.2) is 9.59 Å². The summed E-state index contributed by atoms with van der Waals surface area (Å²) in [5, 5.41) is -0.255. The summed E-state index contributed by atoms with van der Waals surface area (Å²) in [6.45, 7) is 0. The van der Waals surface area contributed by atoms with Crippen LogP contribution in [0.3, 0.4) is 0 Å². The van der Waals surface area contributed by atoms with Crippen molar-refractivity contribution in [2.45, 2.75) is 6.18 Å². The zero-order valence-corrected chi connectivity index (χ0v) is 20.6. The molecule has 202 valence electrons. The lowest BCUT2D eigenvalue weighted by atomic mass is 10.2. The van der Waals surface area contributed by atoms with Crippen molar-refractivity contribution >= 4 is 22.9 Å². The highest BCUT2D eigenvalue weighted by molar-refractivity contribution is 5.92. The topological polar surface area (TPSA) is 110 Å². The highest BCUT2D eigenvalue weighted by atomic mass is 19.4. The van der Waals surface area contributed by atoms with Crippen LogP contribution in [0.4, 0.5) is 13.2 Å². The maximum atomic E-state index is 13.9. The lowest BCUT2D eigenvalue weighted by Crippen LogP contribution is -2.15. The van der Waals surface area contributed by atoms with Crippen LogP contribution < -0.4 is 24.4 Å². The molecule has 39 heavy (non-hydrogen) atoms. The average Bonchev–Trinajstić information content (AvgIpc) is 2.93. The van der Waals surface area contributed by atoms with E-state index in [9.17, 15) is 27.6 Å². The van der Waals surface area contributed by atoms with Gasteiger partial charge >= 0.3 is 18.1 Å². The van der Waals surface area contributed by atoms with Crippen molar-refractivity contribution in [2.75, 3.05) is 21.3 Å². The largest absolute Gasteiger partial charge is 0.493 e. The molecule has 0 saturated heterocycles. The molecule has 0 aliphatic carbocycles. The van der Waals surface area contributed by atoms with Gasteiger partial charge in [0.05, 0.1) is 37.8 Å². The number of halogens is 3. The number of rotatable bonds is 7. The van der Waals surface area contributed by atoms with Crippen molar-refractivity contribution in [1.29, 1.82) is 0 Å². The van der Waals surface area contributed by atoms with Gasteiger partial charge in [-0.1, -0.05) is 0 Å². The quantitative estimate of drug-likeness (QED) is 0.216. The van der Waals surface area contributed by atoms with E-state index in [0.717, 1.165) is 12.1 Å². The van der Waals surface area contributed by atoms with Gasteiger partial charge in [0.1, 0.15) is 17.1 Å². The summed E-state index contributed by atoms with van der Waals surface area (Å²) in [6, 6.07) is 12.5. The van der Waals surface area contributed by atoms with Crippen LogP contribution in [0.15, 0.2) is 69.9 Å². The second-order valence-corrected chi connectivity index (χ2v) is 7.82. The Balaban J connectivity index is 1.69. The Labute approximate surface area is 218 Å². The summed E-state index contributed by atoms with van der Waals surface area (Å²) in [7, 11) is 3.97. The van der Waals surface area contributed by atoms with Crippen molar-refractivity contribution in [3.05, 3.63) is 87.8 Å². The van der Waals surface area contributed by atoms with E-state index in [1.54, 1.807) is 0 Å². The molecule has 1 heterocycles. The van der Waals surface area contributed by atoms with Gasteiger partial charge in [0.25, 0.3) is 5.76 Å². The zero-order valence-electron chi connectivity index (χ0n) is 20.6. The van der Waals surface area contributed by atoms with Crippen LogP contribution >= 0.6 is 0 Å². The number of carbonyl (C=O) groups excluding carboxylic acids is 2. The molecule has 12 heteroatoms. The number of esters is 2. The molecule has 0 amide bonds. The molecule has 0 fully saturated rings. The third-order valence-electron chi connectivity index (χ3n) is 5.40. The minimum absolute atomic E-state index is 0.0761. The highest BCUT2D eigenvalue weighted by Crippen LogP contribution is 2.39. The number of hydrogen-bond donors (Lipinski definition) is 0. The first kappa shape index (κ1) is 27.0. The van der Waals surface area contributed by atoms with E-state index >= 15 is 0 Å². The number of ether oxygens (including phenoxy) is 5. The van der Waals surface area contributed by atoms with Crippen LogP contribution in [0.25, 0.3) is 11.0 Å². The molecule has 0 unspecified atom stereocenters. The van der Waals surface area contributed by atoms with Gasteiger partial charge in [0.2, 0.25) is 11.2 Å². The number of benzene rings is 3. The van der Waals surface area contributed by atoms with E-state index in [2.05, 4.69) is 4.74 Å². The predicted molar refractivity (Wildman–Crippen MR) is 130 cm³/mol. The monoisotopic (exact) mass is 544 g/mol. The highest BCUT2D eigenvalue weighted by Gasteiger charge is 2.40. The molecule has 0 atom stereocenters. The molecule has 0 saturated carbocycles. The van der Waals surface area contributed by atoms with Crippen LogP contribution in [0, 0.1) is 0 Å².